The van der Waals surface area contributed by atoms with Gasteiger partial charge < -0.3 is 15.9 Å². The van der Waals surface area contributed by atoms with E-state index in [2.05, 4.69) is 15.4 Å². The number of hydrogen-bond acceptors (Lipinski definition) is 6. The minimum absolute atomic E-state index is 0.153. The molecule has 0 fully saturated rings. The molecule has 0 amide bonds. The lowest BCUT2D eigenvalue weighted by molar-refractivity contribution is 0.419. The second kappa shape index (κ2) is 3.58. The predicted molar refractivity (Wildman–Crippen MR) is 58.3 cm³/mol. The van der Waals surface area contributed by atoms with E-state index in [4.69, 9.17) is 16.3 Å². The largest absolute Gasteiger partial charge is 0.494 e. The first-order valence-electron chi connectivity index (χ1n) is 4.33. The van der Waals surface area contributed by atoms with Gasteiger partial charge in [-0.25, -0.2) is 10.8 Å². The molecule has 6 heteroatoms. The van der Waals surface area contributed by atoms with Crippen LogP contribution in [0.1, 0.15) is 0 Å². The summed E-state index contributed by atoms with van der Waals surface area (Å²) in [4.78, 5) is 8.07. The van der Waals surface area contributed by atoms with Crippen molar-refractivity contribution in [1.82, 2.24) is 9.97 Å². The summed E-state index contributed by atoms with van der Waals surface area (Å²) >= 11 is 0. The van der Waals surface area contributed by atoms with Crippen LogP contribution in [-0.4, -0.2) is 17.1 Å². The number of fused-ring (bicyclic) bond motifs is 1. The molecule has 1 aromatic heterocycles. The summed E-state index contributed by atoms with van der Waals surface area (Å²) in [6, 6.07) is 5.48. The SMILES string of the molecule is COc1cccc2c(NN)nc(N)nc12. The van der Waals surface area contributed by atoms with Crippen LogP contribution in [0.3, 0.4) is 0 Å². The van der Waals surface area contributed by atoms with Gasteiger partial charge in [0.25, 0.3) is 0 Å². The molecular formula is C9H11N5O. The highest BCUT2D eigenvalue weighted by Gasteiger charge is 2.08. The van der Waals surface area contributed by atoms with E-state index in [1.54, 1.807) is 13.2 Å². The highest BCUT2D eigenvalue weighted by Crippen LogP contribution is 2.27. The molecule has 0 bridgehead atoms. The molecule has 0 aliphatic carbocycles. The lowest BCUT2D eigenvalue weighted by Gasteiger charge is -2.08. The monoisotopic (exact) mass is 205 g/mol. The van der Waals surface area contributed by atoms with E-state index in [1.165, 1.54) is 0 Å². The minimum Gasteiger partial charge on any atom is -0.494 e. The maximum Gasteiger partial charge on any atom is 0.222 e. The molecular weight excluding hydrogens is 194 g/mol. The van der Waals surface area contributed by atoms with Crippen LogP contribution in [-0.2, 0) is 0 Å². The summed E-state index contributed by atoms with van der Waals surface area (Å²) in [6.07, 6.45) is 0. The second-order valence-electron chi connectivity index (χ2n) is 2.93. The Hall–Kier alpha value is -2.08. The van der Waals surface area contributed by atoms with Crippen LogP contribution in [0.2, 0.25) is 0 Å². The molecule has 2 aromatic rings. The Morgan fingerprint density at radius 3 is 2.80 bits per heavy atom. The van der Waals surface area contributed by atoms with Crippen LogP contribution in [0.4, 0.5) is 11.8 Å². The fraction of sp³-hybridized carbons (Fsp3) is 0.111. The first-order chi connectivity index (χ1) is 7.26. The number of benzene rings is 1. The zero-order valence-electron chi connectivity index (χ0n) is 8.19. The predicted octanol–water partition coefficient (Wildman–Crippen LogP) is 0.506. The molecule has 0 saturated heterocycles. The number of nitrogens with two attached hydrogens (primary N) is 2. The van der Waals surface area contributed by atoms with Crippen LogP contribution in [0.15, 0.2) is 18.2 Å². The number of nitrogens with zero attached hydrogens (tertiary/aromatic N) is 2. The molecule has 0 aliphatic rings. The number of methoxy groups -OCH3 is 1. The third kappa shape index (κ3) is 1.50. The number of rotatable bonds is 2. The van der Waals surface area contributed by atoms with Crippen molar-refractivity contribution in [2.24, 2.45) is 5.84 Å². The van der Waals surface area contributed by atoms with E-state index < -0.39 is 0 Å². The zero-order chi connectivity index (χ0) is 10.8. The molecule has 0 aliphatic heterocycles. The number of aromatic nitrogens is 2. The molecule has 6 nitrogen and oxygen atoms in total. The summed E-state index contributed by atoms with van der Waals surface area (Å²) in [5.74, 6) is 6.61. The first kappa shape index (κ1) is 9.47. The van der Waals surface area contributed by atoms with Gasteiger partial charge in [0.15, 0.2) is 5.82 Å². The van der Waals surface area contributed by atoms with Crippen LogP contribution in [0, 0.1) is 0 Å². The van der Waals surface area contributed by atoms with Crippen LogP contribution < -0.4 is 21.7 Å². The van der Waals surface area contributed by atoms with Gasteiger partial charge in [-0.2, -0.15) is 4.98 Å². The van der Waals surface area contributed by atoms with Crippen LogP contribution in [0.5, 0.6) is 5.75 Å². The fourth-order valence-electron chi connectivity index (χ4n) is 1.42. The Bertz CT molecular complexity index is 499. The smallest absolute Gasteiger partial charge is 0.222 e. The van der Waals surface area contributed by atoms with Crippen LogP contribution in [0.25, 0.3) is 10.9 Å². The van der Waals surface area contributed by atoms with Crippen molar-refractivity contribution in [1.29, 1.82) is 0 Å². The van der Waals surface area contributed by atoms with Gasteiger partial charge in [-0.1, -0.05) is 6.07 Å². The third-order valence-corrected chi connectivity index (χ3v) is 2.06. The second-order valence-corrected chi connectivity index (χ2v) is 2.93. The standard InChI is InChI=1S/C9H11N5O/c1-15-6-4-2-3-5-7(6)12-9(10)13-8(5)14-11/h2-4H,11H2,1H3,(H3,10,12,13,14). The van der Waals surface area contributed by atoms with E-state index in [9.17, 15) is 0 Å². The number of para-hydroxylation sites is 1. The number of ether oxygens (including phenoxy) is 1. The summed E-state index contributed by atoms with van der Waals surface area (Å²) in [6.45, 7) is 0. The number of anilines is 2. The van der Waals surface area contributed by atoms with Gasteiger partial charge >= 0.3 is 0 Å². The zero-order valence-corrected chi connectivity index (χ0v) is 8.19. The van der Waals surface area contributed by atoms with Crippen molar-refractivity contribution in [2.75, 3.05) is 18.3 Å². The maximum absolute atomic E-state index is 5.55. The van der Waals surface area contributed by atoms with Crippen molar-refractivity contribution in [2.45, 2.75) is 0 Å². The molecule has 1 aromatic carbocycles. The summed E-state index contributed by atoms with van der Waals surface area (Å²) in [5.41, 5.74) is 8.67. The number of nitrogen functional groups attached to an aromatic ring is 2. The van der Waals surface area contributed by atoms with Crippen molar-refractivity contribution >= 4 is 22.7 Å². The molecule has 0 radical (unpaired) electrons. The van der Waals surface area contributed by atoms with Gasteiger partial charge in [-0.15, -0.1) is 0 Å². The Labute approximate surface area is 86.2 Å². The Kier molecular flexibility index (Phi) is 2.26. The minimum atomic E-state index is 0.153. The summed E-state index contributed by atoms with van der Waals surface area (Å²) in [5, 5.41) is 0.769. The molecule has 1 heterocycles. The molecule has 5 N–H and O–H groups in total. The average Bonchev–Trinajstić information content (AvgIpc) is 2.27. The molecule has 0 spiro atoms. The van der Waals surface area contributed by atoms with Gasteiger partial charge in [0.05, 0.1) is 7.11 Å². The molecule has 15 heavy (non-hydrogen) atoms. The van der Waals surface area contributed by atoms with E-state index in [1.807, 2.05) is 12.1 Å². The lowest BCUT2D eigenvalue weighted by Crippen LogP contribution is -2.11. The summed E-state index contributed by atoms with van der Waals surface area (Å²) < 4.78 is 5.17. The summed E-state index contributed by atoms with van der Waals surface area (Å²) in [7, 11) is 1.57. The molecule has 0 atom stereocenters. The normalized spacial score (nSPS) is 10.3. The maximum atomic E-state index is 5.55. The Morgan fingerprint density at radius 2 is 2.13 bits per heavy atom. The molecule has 0 saturated carbocycles. The third-order valence-electron chi connectivity index (χ3n) is 2.06. The van der Waals surface area contributed by atoms with Gasteiger partial charge in [-0.3, -0.25) is 0 Å². The van der Waals surface area contributed by atoms with Gasteiger partial charge in [0, 0.05) is 5.39 Å². The number of nitrogens with one attached hydrogen (secondary N) is 1. The first-order valence-corrected chi connectivity index (χ1v) is 4.33. The van der Waals surface area contributed by atoms with E-state index >= 15 is 0 Å². The van der Waals surface area contributed by atoms with E-state index in [0.717, 1.165) is 5.39 Å². The topological polar surface area (TPSA) is 99.1 Å². The van der Waals surface area contributed by atoms with Gasteiger partial charge in [-0.05, 0) is 12.1 Å². The molecule has 0 unspecified atom stereocenters. The lowest BCUT2D eigenvalue weighted by atomic mass is 10.2. The Balaban J connectivity index is 2.82. The van der Waals surface area contributed by atoms with Crippen molar-refractivity contribution in [3.05, 3.63) is 18.2 Å². The average molecular weight is 205 g/mol. The number of hydrazine groups is 1. The quantitative estimate of drug-likeness (QED) is 0.488. The van der Waals surface area contributed by atoms with Crippen molar-refractivity contribution in [3.63, 3.8) is 0 Å². The van der Waals surface area contributed by atoms with Crippen LogP contribution >= 0.6 is 0 Å². The van der Waals surface area contributed by atoms with Gasteiger partial charge in [0.1, 0.15) is 11.3 Å². The van der Waals surface area contributed by atoms with Crippen molar-refractivity contribution in [3.8, 4) is 5.75 Å². The molecule has 78 valence electrons. The highest BCUT2D eigenvalue weighted by molar-refractivity contribution is 5.93. The fourth-order valence-corrected chi connectivity index (χ4v) is 1.42. The Morgan fingerprint density at radius 1 is 1.33 bits per heavy atom. The highest BCUT2D eigenvalue weighted by atomic mass is 16.5. The molecule has 2 rings (SSSR count). The van der Waals surface area contributed by atoms with Crippen molar-refractivity contribution < 1.29 is 4.74 Å². The number of hydrogen-bond donors (Lipinski definition) is 3. The van der Waals surface area contributed by atoms with E-state index in [-0.39, 0.29) is 5.95 Å². The van der Waals surface area contributed by atoms with E-state index in [0.29, 0.717) is 17.1 Å². The van der Waals surface area contributed by atoms with Gasteiger partial charge in [0.2, 0.25) is 5.95 Å².